The van der Waals surface area contributed by atoms with Gasteiger partial charge in [-0.2, -0.15) is 0 Å². The Kier molecular flexibility index (Phi) is 4.14. The van der Waals surface area contributed by atoms with Crippen molar-refractivity contribution in [2.75, 3.05) is 13.1 Å². The first-order chi connectivity index (χ1) is 7.02. The van der Waals surface area contributed by atoms with Gasteiger partial charge in [0.05, 0.1) is 5.41 Å². The van der Waals surface area contributed by atoms with Gasteiger partial charge in [-0.15, -0.1) is 0 Å². The van der Waals surface area contributed by atoms with Gasteiger partial charge in [0.15, 0.2) is 0 Å². The van der Waals surface area contributed by atoms with Gasteiger partial charge in [0.1, 0.15) is 0 Å². The number of hydrogen-bond acceptors (Lipinski definition) is 2. The lowest BCUT2D eigenvalue weighted by Crippen LogP contribution is -2.51. The fourth-order valence-corrected chi connectivity index (χ4v) is 1.80. The molecule has 3 nitrogen and oxygen atoms in total. The van der Waals surface area contributed by atoms with Crippen LogP contribution in [0.15, 0.2) is 0 Å². The van der Waals surface area contributed by atoms with Crippen molar-refractivity contribution >= 4 is 5.91 Å². The number of amides is 1. The van der Waals surface area contributed by atoms with Crippen LogP contribution < -0.4 is 11.1 Å². The highest BCUT2D eigenvalue weighted by atomic mass is 16.2. The third-order valence-corrected chi connectivity index (χ3v) is 3.91. The summed E-state index contributed by atoms with van der Waals surface area (Å²) in [6, 6.07) is 0. The molecular weight excluding hydrogens is 188 g/mol. The summed E-state index contributed by atoms with van der Waals surface area (Å²) >= 11 is 0. The number of nitrogens with two attached hydrogens (primary N) is 1. The van der Waals surface area contributed by atoms with Crippen molar-refractivity contribution in [1.29, 1.82) is 0 Å². The quantitative estimate of drug-likeness (QED) is 0.726. The molecule has 0 radical (unpaired) electrons. The Balaban J connectivity index is 2.35. The first-order valence-electron chi connectivity index (χ1n) is 6.00. The molecule has 0 saturated heterocycles. The van der Waals surface area contributed by atoms with Crippen molar-refractivity contribution < 1.29 is 4.79 Å². The highest BCUT2D eigenvalue weighted by molar-refractivity contribution is 5.83. The molecule has 0 spiro atoms. The van der Waals surface area contributed by atoms with E-state index in [4.69, 9.17) is 5.73 Å². The molecule has 0 bridgehead atoms. The van der Waals surface area contributed by atoms with Crippen molar-refractivity contribution in [2.45, 2.75) is 40.0 Å². The summed E-state index contributed by atoms with van der Waals surface area (Å²) in [6.07, 6.45) is 3.07. The molecule has 0 aromatic carbocycles. The molecule has 0 aliphatic heterocycles. The normalized spacial score (nSPS) is 20.9. The fraction of sp³-hybridized carbons (Fsp3) is 0.917. The average molecular weight is 212 g/mol. The van der Waals surface area contributed by atoms with Crippen LogP contribution >= 0.6 is 0 Å². The van der Waals surface area contributed by atoms with Gasteiger partial charge in [0.2, 0.25) is 5.91 Å². The molecule has 1 fully saturated rings. The van der Waals surface area contributed by atoms with Crippen LogP contribution in [0.3, 0.4) is 0 Å². The maximum Gasteiger partial charge on any atom is 0.227 e. The van der Waals surface area contributed by atoms with Crippen LogP contribution in [0, 0.1) is 17.3 Å². The lowest BCUT2D eigenvalue weighted by atomic mass is 9.68. The molecule has 1 unspecified atom stereocenters. The Morgan fingerprint density at radius 1 is 1.40 bits per heavy atom. The topological polar surface area (TPSA) is 55.1 Å². The number of nitrogens with one attached hydrogen (secondary N) is 1. The molecule has 1 saturated carbocycles. The minimum absolute atomic E-state index is 0.170. The van der Waals surface area contributed by atoms with E-state index in [0.717, 1.165) is 25.8 Å². The SMILES string of the molecule is CC(C)C(C)CNC(=O)C1(CN)CCC1. The summed E-state index contributed by atoms with van der Waals surface area (Å²) < 4.78 is 0. The van der Waals surface area contributed by atoms with Crippen LogP contribution in [0.25, 0.3) is 0 Å². The van der Waals surface area contributed by atoms with Gasteiger partial charge in [-0.1, -0.05) is 27.2 Å². The molecule has 0 aromatic heterocycles. The molecule has 0 aromatic rings. The number of carbonyl (C=O) groups excluding carboxylic acids is 1. The molecule has 1 aliphatic rings. The largest absolute Gasteiger partial charge is 0.355 e. The predicted molar refractivity (Wildman–Crippen MR) is 62.4 cm³/mol. The molecule has 15 heavy (non-hydrogen) atoms. The second-order valence-corrected chi connectivity index (χ2v) is 5.27. The third kappa shape index (κ3) is 2.71. The van der Waals surface area contributed by atoms with Crippen molar-refractivity contribution in [3.8, 4) is 0 Å². The van der Waals surface area contributed by atoms with E-state index in [2.05, 4.69) is 26.1 Å². The smallest absolute Gasteiger partial charge is 0.227 e. The highest BCUT2D eigenvalue weighted by Gasteiger charge is 2.42. The van der Waals surface area contributed by atoms with Gasteiger partial charge in [0, 0.05) is 13.1 Å². The van der Waals surface area contributed by atoms with Gasteiger partial charge < -0.3 is 11.1 Å². The Bertz CT molecular complexity index is 216. The highest BCUT2D eigenvalue weighted by Crippen LogP contribution is 2.39. The van der Waals surface area contributed by atoms with Crippen LogP contribution in [0.1, 0.15) is 40.0 Å². The zero-order valence-electron chi connectivity index (χ0n) is 10.2. The van der Waals surface area contributed by atoms with Crippen LogP contribution in [0.4, 0.5) is 0 Å². The molecule has 1 amide bonds. The molecular formula is C12H24N2O. The van der Waals surface area contributed by atoms with E-state index >= 15 is 0 Å². The van der Waals surface area contributed by atoms with Gasteiger partial charge in [-0.05, 0) is 24.7 Å². The van der Waals surface area contributed by atoms with Gasteiger partial charge in [-0.25, -0.2) is 0 Å². The van der Waals surface area contributed by atoms with Gasteiger partial charge in [-0.3, -0.25) is 4.79 Å². The lowest BCUT2D eigenvalue weighted by molar-refractivity contribution is -0.135. The Morgan fingerprint density at radius 3 is 2.33 bits per heavy atom. The van der Waals surface area contributed by atoms with E-state index in [1.807, 2.05) is 0 Å². The van der Waals surface area contributed by atoms with Gasteiger partial charge >= 0.3 is 0 Å². The monoisotopic (exact) mass is 212 g/mol. The van der Waals surface area contributed by atoms with E-state index in [-0.39, 0.29) is 11.3 Å². The molecule has 0 heterocycles. The Morgan fingerprint density at radius 2 is 2.00 bits per heavy atom. The summed E-state index contributed by atoms with van der Waals surface area (Å²) in [4.78, 5) is 11.9. The Hall–Kier alpha value is -0.570. The molecule has 1 aliphatic carbocycles. The van der Waals surface area contributed by atoms with Crippen LogP contribution in [0.2, 0.25) is 0 Å². The molecule has 3 N–H and O–H groups in total. The summed E-state index contributed by atoms with van der Waals surface area (Å²) in [6.45, 7) is 7.80. The maximum absolute atomic E-state index is 11.9. The van der Waals surface area contributed by atoms with Crippen molar-refractivity contribution in [3.63, 3.8) is 0 Å². The standard InChI is InChI=1S/C12H24N2O/c1-9(2)10(3)7-14-11(15)12(8-13)5-4-6-12/h9-10H,4-8,13H2,1-3H3,(H,14,15). The minimum atomic E-state index is -0.225. The second kappa shape index (κ2) is 4.97. The van der Waals surface area contributed by atoms with E-state index in [0.29, 0.717) is 18.4 Å². The van der Waals surface area contributed by atoms with Gasteiger partial charge in [0.25, 0.3) is 0 Å². The molecule has 1 atom stereocenters. The molecule has 3 heteroatoms. The van der Waals surface area contributed by atoms with E-state index < -0.39 is 0 Å². The third-order valence-electron chi connectivity index (χ3n) is 3.91. The van der Waals surface area contributed by atoms with E-state index in [9.17, 15) is 4.79 Å². The fourth-order valence-electron chi connectivity index (χ4n) is 1.80. The maximum atomic E-state index is 11.9. The Labute approximate surface area is 92.8 Å². The number of carbonyl (C=O) groups is 1. The first kappa shape index (κ1) is 12.5. The molecule has 1 rings (SSSR count). The van der Waals surface area contributed by atoms with Crippen LogP contribution in [-0.4, -0.2) is 19.0 Å². The lowest BCUT2D eigenvalue weighted by Gasteiger charge is -2.39. The molecule has 88 valence electrons. The average Bonchev–Trinajstić information content (AvgIpc) is 2.13. The van der Waals surface area contributed by atoms with Crippen molar-refractivity contribution in [2.24, 2.45) is 23.0 Å². The second-order valence-electron chi connectivity index (χ2n) is 5.27. The summed E-state index contributed by atoms with van der Waals surface area (Å²) in [5.74, 6) is 1.31. The van der Waals surface area contributed by atoms with Crippen molar-refractivity contribution in [1.82, 2.24) is 5.32 Å². The zero-order chi connectivity index (χ0) is 11.5. The number of hydrogen-bond donors (Lipinski definition) is 2. The zero-order valence-corrected chi connectivity index (χ0v) is 10.2. The van der Waals surface area contributed by atoms with E-state index in [1.54, 1.807) is 0 Å². The summed E-state index contributed by atoms with van der Waals surface area (Å²) in [5, 5.41) is 3.04. The summed E-state index contributed by atoms with van der Waals surface area (Å²) in [5.41, 5.74) is 5.45. The van der Waals surface area contributed by atoms with Crippen molar-refractivity contribution in [3.05, 3.63) is 0 Å². The minimum Gasteiger partial charge on any atom is -0.355 e. The van der Waals surface area contributed by atoms with Crippen LogP contribution in [-0.2, 0) is 4.79 Å². The number of rotatable bonds is 5. The first-order valence-corrected chi connectivity index (χ1v) is 6.00. The van der Waals surface area contributed by atoms with E-state index in [1.165, 1.54) is 0 Å². The van der Waals surface area contributed by atoms with Crippen LogP contribution in [0.5, 0.6) is 0 Å². The predicted octanol–water partition coefficient (Wildman–Crippen LogP) is 1.52. The summed E-state index contributed by atoms with van der Waals surface area (Å²) in [7, 11) is 0.